The predicted octanol–water partition coefficient (Wildman–Crippen LogP) is 3.81. The Morgan fingerprint density at radius 2 is 2.22 bits per heavy atom. The molecule has 1 atom stereocenters. The van der Waals surface area contributed by atoms with Crippen LogP contribution in [0.2, 0.25) is 5.02 Å². The molecule has 0 bridgehead atoms. The van der Waals surface area contributed by atoms with Crippen LogP contribution in [0.3, 0.4) is 0 Å². The molecule has 1 fully saturated rings. The second kappa shape index (κ2) is 4.94. The van der Waals surface area contributed by atoms with Gasteiger partial charge in [0.05, 0.1) is 0 Å². The van der Waals surface area contributed by atoms with E-state index in [1.54, 1.807) is 0 Å². The van der Waals surface area contributed by atoms with Crippen LogP contribution in [0.25, 0.3) is 10.9 Å². The van der Waals surface area contributed by atoms with Gasteiger partial charge >= 0.3 is 0 Å². The van der Waals surface area contributed by atoms with Crippen LogP contribution in [0.4, 0.5) is 0 Å². The van der Waals surface area contributed by atoms with Gasteiger partial charge in [-0.3, -0.25) is 0 Å². The van der Waals surface area contributed by atoms with E-state index in [9.17, 15) is 0 Å². The van der Waals surface area contributed by atoms with Crippen molar-refractivity contribution in [3.8, 4) is 0 Å². The molecule has 0 aliphatic carbocycles. The van der Waals surface area contributed by atoms with Crippen molar-refractivity contribution in [2.75, 3.05) is 6.54 Å². The number of hydrogen-bond donors (Lipinski definition) is 2. The Labute approximate surface area is 113 Å². The highest BCUT2D eigenvalue weighted by molar-refractivity contribution is 6.31. The number of rotatable bonds is 2. The Balaban J connectivity index is 1.94. The zero-order valence-corrected chi connectivity index (χ0v) is 11.5. The minimum absolute atomic E-state index is 0.621. The van der Waals surface area contributed by atoms with E-state index in [0.717, 1.165) is 18.0 Å². The zero-order valence-electron chi connectivity index (χ0n) is 10.7. The quantitative estimate of drug-likeness (QED) is 0.846. The standard InChI is InChI=1S/C15H19ClN2/c1-10-13(9-12-4-2-3-7-17-12)14-8-11(16)5-6-15(14)18-10/h5-6,8,12,17-18H,2-4,7,9H2,1H3. The molecular formula is C15H19ClN2. The molecule has 0 amide bonds. The van der Waals surface area contributed by atoms with E-state index in [-0.39, 0.29) is 0 Å². The van der Waals surface area contributed by atoms with Gasteiger partial charge in [0.25, 0.3) is 0 Å². The van der Waals surface area contributed by atoms with Crippen molar-refractivity contribution in [1.82, 2.24) is 10.3 Å². The van der Waals surface area contributed by atoms with Gasteiger partial charge in [-0.25, -0.2) is 0 Å². The SMILES string of the molecule is Cc1[nH]c2ccc(Cl)cc2c1CC1CCCCN1. The Morgan fingerprint density at radius 1 is 1.33 bits per heavy atom. The maximum atomic E-state index is 6.11. The lowest BCUT2D eigenvalue weighted by Gasteiger charge is -2.23. The van der Waals surface area contributed by atoms with Crippen molar-refractivity contribution in [3.05, 3.63) is 34.5 Å². The molecule has 1 aromatic heterocycles. The summed E-state index contributed by atoms with van der Waals surface area (Å²) >= 11 is 6.11. The molecule has 1 saturated heterocycles. The molecule has 3 rings (SSSR count). The van der Waals surface area contributed by atoms with Gasteiger partial charge in [0.1, 0.15) is 0 Å². The molecule has 96 valence electrons. The molecule has 2 heterocycles. The molecule has 2 aromatic rings. The third-order valence-electron chi connectivity index (χ3n) is 3.94. The zero-order chi connectivity index (χ0) is 12.5. The molecular weight excluding hydrogens is 244 g/mol. The molecule has 2 N–H and O–H groups in total. The van der Waals surface area contributed by atoms with Crippen LogP contribution in [0.1, 0.15) is 30.5 Å². The molecule has 2 nitrogen and oxygen atoms in total. The summed E-state index contributed by atoms with van der Waals surface area (Å²) in [7, 11) is 0. The first kappa shape index (κ1) is 12.1. The summed E-state index contributed by atoms with van der Waals surface area (Å²) in [6.45, 7) is 3.32. The van der Waals surface area contributed by atoms with E-state index in [0.29, 0.717) is 6.04 Å². The fourth-order valence-corrected chi connectivity index (χ4v) is 3.13. The first-order valence-electron chi connectivity index (χ1n) is 6.74. The Hall–Kier alpha value is -0.990. The highest BCUT2D eigenvalue weighted by atomic mass is 35.5. The summed E-state index contributed by atoms with van der Waals surface area (Å²) in [6, 6.07) is 6.72. The number of halogens is 1. The maximum absolute atomic E-state index is 6.11. The highest BCUT2D eigenvalue weighted by Gasteiger charge is 2.17. The Bertz CT molecular complexity index is 553. The number of aryl methyl sites for hydroxylation is 1. The number of fused-ring (bicyclic) bond motifs is 1. The van der Waals surface area contributed by atoms with Gasteiger partial charge in [-0.1, -0.05) is 18.0 Å². The number of benzene rings is 1. The van der Waals surface area contributed by atoms with Crippen molar-refractivity contribution in [3.63, 3.8) is 0 Å². The number of piperidine rings is 1. The second-order valence-corrected chi connectivity index (χ2v) is 5.71. The Morgan fingerprint density at radius 3 is 3.00 bits per heavy atom. The topological polar surface area (TPSA) is 27.8 Å². The maximum Gasteiger partial charge on any atom is 0.0459 e. The lowest BCUT2D eigenvalue weighted by atomic mass is 9.96. The average Bonchev–Trinajstić information content (AvgIpc) is 2.67. The van der Waals surface area contributed by atoms with Crippen molar-refractivity contribution < 1.29 is 0 Å². The lowest BCUT2D eigenvalue weighted by molar-refractivity contribution is 0.399. The third kappa shape index (κ3) is 2.27. The first-order valence-corrected chi connectivity index (χ1v) is 7.12. The number of H-pyrrole nitrogens is 1. The number of hydrogen-bond acceptors (Lipinski definition) is 1. The summed E-state index contributed by atoms with van der Waals surface area (Å²) in [6.07, 6.45) is 5.05. The minimum Gasteiger partial charge on any atom is -0.358 e. The van der Waals surface area contributed by atoms with Gasteiger partial charge in [-0.2, -0.15) is 0 Å². The number of aromatic nitrogens is 1. The molecule has 0 radical (unpaired) electrons. The first-order chi connectivity index (χ1) is 8.74. The van der Waals surface area contributed by atoms with E-state index in [4.69, 9.17) is 11.6 Å². The largest absolute Gasteiger partial charge is 0.358 e. The molecule has 1 aliphatic rings. The number of aromatic amines is 1. The molecule has 1 aromatic carbocycles. The van der Waals surface area contributed by atoms with Crippen LogP contribution in [0, 0.1) is 6.92 Å². The van der Waals surface area contributed by atoms with Crippen molar-refractivity contribution in [2.24, 2.45) is 0 Å². The summed E-state index contributed by atoms with van der Waals surface area (Å²) in [5.41, 5.74) is 3.90. The molecule has 1 unspecified atom stereocenters. The minimum atomic E-state index is 0.621. The fraction of sp³-hybridized carbons (Fsp3) is 0.467. The third-order valence-corrected chi connectivity index (χ3v) is 4.18. The van der Waals surface area contributed by atoms with E-state index >= 15 is 0 Å². The summed E-state index contributed by atoms with van der Waals surface area (Å²) in [5, 5.41) is 5.72. The average molecular weight is 263 g/mol. The lowest BCUT2D eigenvalue weighted by Crippen LogP contribution is -2.35. The van der Waals surface area contributed by atoms with Crippen LogP contribution < -0.4 is 5.32 Å². The van der Waals surface area contributed by atoms with Crippen LogP contribution in [-0.2, 0) is 6.42 Å². The van der Waals surface area contributed by atoms with Crippen LogP contribution >= 0.6 is 11.6 Å². The molecule has 0 spiro atoms. The molecule has 18 heavy (non-hydrogen) atoms. The highest BCUT2D eigenvalue weighted by Crippen LogP contribution is 2.27. The fourth-order valence-electron chi connectivity index (χ4n) is 2.96. The normalized spacial score (nSPS) is 20.4. The number of nitrogens with one attached hydrogen (secondary N) is 2. The van der Waals surface area contributed by atoms with Crippen molar-refractivity contribution in [1.29, 1.82) is 0 Å². The van der Waals surface area contributed by atoms with E-state index < -0.39 is 0 Å². The molecule has 1 aliphatic heterocycles. The van der Waals surface area contributed by atoms with Crippen LogP contribution in [0.5, 0.6) is 0 Å². The predicted molar refractivity (Wildman–Crippen MR) is 77.4 cm³/mol. The van der Waals surface area contributed by atoms with Gasteiger partial charge in [-0.05, 0) is 56.5 Å². The van der Waals surface area contributed by atoms with E-state index in [1.165, 1.54) is 41.4 Å². The van der Waals surface area contributed by atoms with E-state index in [1.807, 2.05) is 6.07 Å². The van der Waals surface area contributed by atoms with Gasteiger partial charge in [-0.15, -0.1) is 0 Å². The van der Waals surface area contributed by atoms with Crippen molar-refractivity contribution >= 4 is 22.5 Å². The van der Waals surface area contributed by atoms with Gasteiger partial charge in [0, 0.05) is 27.7 Å². The molecule has 0 saturated carbocycles. The van der Waals surface area contributed by atoms with Crippen LogP contribution in [0.15, 0.2) is 18.2 Å². The Kier molecular flexibility index (Phi) is 3.31. The van der Waals surface area contributed by atoms with Gasteiger partial charge in [0.15, 0.2) is 0 Å². The smallest absolute Gasteiger partial charge is 0.0459 e. The monoisotopic (exact) mass is 262 g/mol. The molecule has 3 heteroatoms. The summed E-state index contributed by atoms with van der Waals surface area (Å²) in [4.78, 5) is 3.46. The van der Waals surface area contributed by atoms with E-state index in [2.05, 4.69) is 29.4 Å². The van der Waals surface area contributed by atoms with Gasteiger partial charge in [0.2, 0.25) is 0 Å². The van der Waals surface area contributed by atoms with Crippen LogP contribution in [-0.4, -0.2) is 17.6 Å². The van der Waals surface area contributed by atoms with Gasteiger partial charge < -0.3 is 10.3 Å². The second-order valence-electron chi connectivity index (χ2n) is 5.27. The summed E-state index contributed by atoms with van der Waals surface area (Å²) < 4.78 is 0. The summed E-state index contributed by atoms with van der Waals surface area (Å²) in [5.74, 6) is 0. The van der Waals surface area contributed by atoms with Crippen molar-refractivity contribution in [2.45, 2.75) is 38.6 Å².